The molecule has 1 aromatic rings. The predicted octanol–water partition coefficient (Wildman–Crippen LogP) is 2.71. The van der Waals surface area contributed by atoms with E-state index in [-0.39, 0.29) is 0 Å². The van der Waals surface area contributed by atoms with Crippen LogP contribution in [0.2, 0.25) is 0 Å². The van der Waals surface area contributed by atoms with Gasteiger partial charge in [-0.15, -0.1) is 0 Å². The summed E-state index contributed by atoms with van der Waals surface area (Å²) in [5.41, 5.74) is 1.45. The Balaban J connectivity index is 2.11. The normalized spacial score (nSPS) is 19.9. The van der Waals surface area contributed by atoms with Crippen molar-refractivity contribution in [3.63, 3.8) is 0 Å². The molecule has 0 aliphatic carbocycles. The van der Waals surface area contributed by atoms with Crippen molar-refractivity contribution in [3.05, 3.63) is 18.2 Å². The fourth-order valence-electron chi connectivity index (χ4n) is 2.67. The Morgan fingerprint density at radius 1 is 1.50 bits per heavy atom. The Morgan fingerprint density at radius 3 is 2.94 bits per heavy atom. The third kappa shape index (κ3) is 2.46. The molecule has 1 aliphatic rings. The summed E-state index contributed by atoms with van der Waals surface area (Å²) in [4.78, 5) is 4.34. The molecule has 1 aliphatic heterocycles. The van der Waals surface area contributed by atoms with Gasteiger partial charge in [0.15, 0.2) is 0 Å². The number of nitrogens with zero attached hydrogens (tertiary/aromatic N) is 2. The molecule has 1 aromatic heterocycles. The molecule has 1 saturated heterocycles. The molecule has 3 heteroatoms. The fraction of sp³-hybridized carbons (Fsp3) is 0.769. The minimum absolute atomic E-state index is 0.595. The molecule has 0 saturated carbocycles. The molecule has 2 rings (SSSR count). The van der Waals surface area contributed by atoms with E-state index in [0.29, 0.717) is 12.0 Å². The molecular formula is C13H23N3. The summed E-state index contributed by atoms with van der Waals surface area (Å²) in [6.45, 7) is 6.85. The summed E-state index contributed by atoms with van der Waals surface area (Å²) in [5.74, 6) is 0.711. The molecule has 0 amide bonds. The van der Waals surface area contributed by atoms with Gasteiger partial charge in [-0.1, -0.05) is 13.3 Å². The van der Waals surface area contributed by atoms with Crippen LogP contribution in [0.3, 0.4) is 0 Å². The van der Waals surface area contributed by atoms with Crippen LogP contribution in [0.5, 0.6) is 0 Å². The Morgan fingerprint density at radius 2 is 2.25 bits per heavy atom. The highest BCUT2D eigenvalue weighted by Crippen LogP contribution is 2.27. The minimum Gasteiger partial charge on any atom is -0.332 e. The van der Waals surface area contributed by atoms with Crippen molar-refractivity contribution in [3.8, 4) is 0 Å². The first kappa shape index (κ1) is 11.6. The van der Waals surface area contributed by atoms with Crippen LogP contribution in [0.1, 0.15) is 57.2 Å². The van der Waals surface area contributed by atoms with E-state index in [9.17, 15) is 0 Å². The van der Waals surface area contributed by atoms with Gasteiger partial charge in [0.25, 0.3) is 0 Å². The number of imidazole rings is 1. The Hall–Kier alpha value is -0.830. The molecule has 0 spiro atoms. The molecule has 1 N–H and O–H groups in total. The van der Waals surface area contributed by atoms with Gasteiger partial charge in [0.05, 0.1) is 6.33 Å². The summed E-state index contributed by atoms with van der Waals surface area (Å²) >= 11 is 0. The molecular weight excluding hydrogens is 198 g/mol. The standard InChI is InChI=1S/C13H23N3/c1-3-4-11(2)16-10-15-9-13(16)12-5-7-14-8-6-12/h9-12,14H,3-8H2,1-2H3. The van der Waals surface area contributed by atoms with Crippen molar-refractivity contribution in [2.24, 2.45) is 0 Å². The van der Waals surface area contributed by atoms with Crippen molar-refractivity contribution < 1.29 is 0 Å². The molecule has 0 aromatic carbocycles. The van der Waals surface area contributed by atoms with E-state index < -0.39 is 0 Å². The number of hydrogen-bond acceptors (Lipinski definition) is 2. The highest BCUT2D eigenvalue weighted by molar-refractivity contribution is 5.08. The van der Waals surface area contributed by atoms with E-state index in [1.807, 2.05) is 6.33 Å². The van der Waals surface area contributed by atoms with Crippen LogP contribution in [0.4, 0.5) is 0 Å². The third-order valence-corrected chi connectivity index (χ3v) is 3.63. The Labute approximate surface area is 98.3 Å². The summed E-state index contributed by atoms with van der Waals surface area (Å²) in [5, 5.41) is 3.42. The van der Waals surface area contributed by atoms with E-state index in [0.717, 1.165) is 13.1 Å². The van der Waals surface area contributed by atoms with Crippen LogP contribution in [-0.4, -0.2) is 22.6 Å². The minimum atomic E-state index is 0.595. The van der Waals surface area contributed by atoms with E-state index >= 15 is 0 Å². The van der Waals surface area contributed by atoms with Gasteiger partial charge in [-0.2, -0.15) is 0 Å². The van der Waals surface area contributed by atoms with E-state index in [2.05, 4.69) is 34.9 Å². The zero-order valence-electron chi connectivity index (χ0n) is 10.4. The monoisotopic (exact) mass is 221 g/mol. The smallest absolute Gasteiger partial charge is 0.0950 e. The van der Waals surface area contributed by atoms with Crippen molar-refractivity contribution in [2.75, 3.05) is 13.1 Å². The number of rotatable bonds is 4. The summed E-state index contributed by atoms with van der Waals surface area (Å²) in [6, 6.07) is 0.595. The number of piperidine rings is 1. The second-order valence-corrected chi connectivity index (χ2v) is 4.89. The van der Waals surface area contributed by atoms with Crippen LogP contribution in [0.15, 0.2) is 12.5 Å². The second-order valence-electron chi connectivity index (χ2n) is 4.89. The molecule has 90 valence electrons. The maximum atomic E-state index is 4.34. The molecule has 3 nitrogen and oxygen atoms in total. The maximum Gasteiger partial charge on any atom is 0.0950 e. The van der Waals surface area contributed by atoms with E-state index in [1.165, 1.54) is 31.4 Å². The van der Waals surface area contributed by atoms with Crippen molar-refractivity contribution in [1.82, 2.24) is 14.9 Å². The second kappa shape index (κ2) is 5.48. The molecule has 16 heavy (non-hydrogen) atoms. The van der Waals surface area contributed by atoms with Gasteiger partial charge >= 0.3 is 0 Å². The van der Waals surface area contributed by atoms with Gasteiger partial charge in [-0.05, 0) is 39.3 Å². The van der Waals surface area contributed by atoms with Crippen molar-refractivity contribution in [1.29, 1.82) is 0 Å². The van der Waals surface area contributed by atoms with Gasteiger partial charge in [0.2, 0.25) is 0 Å². The van der Waals surface area contributed by atoms with Crippen LogP contribution < -0.4 is 5.32 Å². The van der Waals surface area contributed by atoms with Gasteiger partial charge in [0, 0.05) is 23.9 Å². The van der Waals surface area contributed by atoms with Gasteiger partial charge in [-0.25, -0.2) is 4.98 Å². The lowest BCUT2D eigenvalue weighted by atomic mass is 9.94. The molecule has 0 bridgehead atoms. The molecule has 0 radical (unpaired) electrons. The zero-order chi connectivity index (χ0) is 11.4. The molecule has 1 unspecified atom stereocenters. The molecule has 1 atom stereocenters. The predicted molar refractivity (Wildman–Crippen MR) is 66.7 cm³/mol. The van der Waals surface area contributed by atoms with Crippen molar-refractivity contribution >= 4 is 0 Å². The zero-order valence-corrected chi connectivity index (χ0v) is 10.4. The lowest BCUT2D eigenvalue weighted by Crippen LogP contribution is -2.28. The van der Waals surface area contributed by atoms with Crippen molar-refractivity contribution in [2.45, 2.75) is 51.5 Å². The average Bonchev–Trinajstić information content (AvgIpc) is 2.79. The molecule has 2 heterocycles. The van der Waals surface area contributed by atoms with Crippen LogP contribution in [-0.2, 0) is 0 Å². The summed E-state index contributed by atoms with van der Waals surface area (Å²) in [6.07, 6.45) is 9.08. The Bertz CT molecular complexity index is 313. The fourth-order valence-corrected chi connectivity index (χ4v) is 2.67. The molecule has 1 fully saturated rings. The number of aromatic nitrogens is 2. The van der Waals surface area contributed by atoms with Crippen LogP contribution in [0, 0.1) is 0 Å². The lowest BCUT2D eigenvalue weighted by molar-refractivity contribution is 0.413. The average molecular weight is 221 g/mol. The van der Waals surface area contributed by atoms with Crippen LogP contribution in [0.25, 0.3) is 0 Å². The third-order valence-electron chi connectivity index (χ3n) is 3.63. The highest BCUT2D eigenvalue weighted by atomic mass is 15.1. The number of hydrogen-bond donors (Lipinski definition) is 1. The van der Waals surface area contributed by atoms with E-state index in [1.54, 1.807) is 0 Å². The topological polar surface area (TPSA) is 29.9 Å². The summed E-state index contributed by atoms with van der Waals surface area (Å²) < 4.78 is 2.39. The van der Waals surface area contributed by atoms with Gasteiger partial charge in [-0.3, -0.25) is 0 Å². The van der Waals surface area contributed by atoms with Gasteiger partial charge in [0.1, 0.15) is 0 Å². The highest BCUT2D eigenvalue weighted by Gasteiger charge is 2.20. The number of nitrogens with one attached hydrogen (secondary N) is 1. The summed E-state index contributed by atoms with van der Waals surface area (Å²) in [7, 11) is 0. The first-order valence-electron chi connectivity index (χ1n) is 6.55. The van der Waals surface area contributed by atoms with Crippen LogP contribution >= 0.6 is 0 Å². The maximum absolute atomic E-state index is 4.34. The first-order chi connectivity index (χ1) is 7.83. The first-order valence-corrected chi connectivity index (χ1v) is 6.55. The quantitative estimate of drug-likeness (QED) is 0.847. The lowest BCUT2D eigenvalue weighted by Gasteiger charge is -2.25. The van der Waals surface area contributed by atoms with Gasteiger partial charge < -0.3 is 9.88 Å². The SMILES string of the molecule is CCCC(C)n1cncc1C1CCNCC1. The largest absolute Gasteiger partial charge is 0.332 e. The Kier molecular flexibility index (Phi) is 3.99. The van der Waals surface area contributed by atoms with E-state index in [4.69, 9.17) is 0 Å².